The number of hydrogen-bond donors (Lipinski definition) is 3. The first-order chi connectivity index (χ1) is 17.0. The zero-order valence-corrected chi connectivity index (χ0v) is 20.7. The molecule has 0 aliphatic carbocycles. The molecule has 2 aromatic rings. The van der Waals surface area contributed by atoms with Crippen molar-refractivity contribution >= 4 is 17.8 Å². The number of piperidine rings is 1. The van der Waals surface area contributed by atoms with E-state index in [4.69, 9.17) is 14.9 Å². The lowest BCUT2D eigenvalue weighted by atomic mass is 9.99. The minimum absolute atomic E-state index is 0.0133. The summed E-state index contributed by atoms with van der Waals surface area (Å²) >= 11 is 0. The van der Waals surface area contributed by atoms with Crippen LogP contribution in [0.25, 0.3) is 11.1 Å². The lowest BCUT2D eigenvalue weighted by Gasteiger charge is -2.26. The van der Waals surface area contributed by atoms with Gasteiger partial charge in [0.2, 0.25) is 11.8 Å². The van der Waals surface area contributed by atoms with Crippen LogP contribution in [0.1, 0.15) is 43.2 Å². The number of aryl methyl sites for hydroxylation is 1. The van der Waals surface area contributed by atoms with Gasteiger partial charge < -0.3 is 19.7 Å². The molecule has 1 aliphatic rings. The first-order valence-corrected chi connectivity index (χ1v) is 12.2. The van der Waals surface area contributed by atoms with Crippen LogP contribution >= 0.6 is 0 Å². The van der Waals surface area contributed by atoms with E-state index in [0.29, 0.717) is 32.6 Å². The molecule has 0 unspecified atom stereocenters. The molecule has 0 radical (unpaired) electrons. The standard InChI is InChI=1S/C27H36N4O4/c1-29-27(28)30-25(32)14-10-20-9-13-23(24(18-20)35-17-5-16-34-2)22-11-7-21(8-12-22)19-31-15-4-3-6-26(31)33/h7-9,11-13,18H,3-6,10,14-17,19H2,1-2H3,(H3,28,29,30,32). The number of nitrogens with one attached hydrogen (secondary N) is 3. The van der Waals surface area contributed by atoms with Crippen molar-refractivity contribution < 1.29 is 19.1 Å². The smallest absolute Gasteiger partial charge is 0.226 e. The average molecular weight is 481 g/mol. The van der Waals surface area contributed by atoms with Crippen LogP contribution in [0.15, 0.2) is 42.5 Å². The monoisotopic (exact) mass is 480 g/mol. The number of carbonyl (C=O) groups excluding carboxylic acids is 2. The van der Waals surface area contributed by atoms with Gasteiger partial charge in [-0.1, -0.05) is 36.4 Å². The van der Waals surface area contributed by atoms with Crippen molar-refractivity contribution in [2.45, 2.75) is 45.1 Å². The summed E-state index contributed by atoms with van der Waals surface area (Å²) in [6, 6.07) is 14.3. The summed E-state index contributed by atoms with van der Waals surface area (Å²) in [6.07, 6.45) is 4.30. The van der Waals surface area contributed by atoms with Gasteiger partial charge in [-0.25, -0.2) is 0 Å². The second kappa shape index (κ2) is 13.5. The molecule has 8 heteroatoms. The normalized spacial score (nSPS) is 13.4. The summed E-state index contributed by atoms with van der Waals surface area (Å²) in [5.41, 5.74) is 4.11. The van der Waals surface area contributed by atoms with Gasteiger partial charge in [0.15, 0.2) is 5.96 Å². The molecule has 0 bridgehead atoms. The lowest BCUT2D eigenvalue weighted by Crippen LogP contribution is -2.38. The number of ether oxygens (including phenoxy) is 2. The molecular weight excluding hydrogens is 444 g/mol. The van der Waals surface area contributed by atoms with Crippen LogP contribution in [0.3, 0.4) is 0 Å². The molecule has 8 nitrogen and oxygen atoms in total. The van der Waals surface area contributed by atoms with E-state index in [-0.39, 0.29) is 24.2 Å². The molecule has 3 rings (SSSR count). The van der Waals surface area contributed by atoms with Crippen molar-refractivity contribution in [2.24, 2.45) is 0 Å². The van der Waals surface area contributed by atoms with Crippen molar-refractivity contribution in [3.05, 3.63) is 53.6 Å². The Kier molecular flexibility index (Phi) is 10.1. The molecule has 0 saturated carbocycles. The van der Waals surface area contributed by atoms with Gasteiger partial charge in [-0.3, -0.25) is 20.3 Å². The first kappa shape index (κ1) is 26.2. The largest absolute Gasteiger partial charge is 0.493 e. The first-order valence-electron chi connectivity index (χ1n) is 12.2. The highest BCUT2D eigenvalue weighted by atomic mass is 16.5. The molecule has 1 aliphatic heterocycles. The molecule has 1 heterocycles. The Morgan fingerprint density at radius 1 is 1.09 bits per heavy atom. The highest BCUT2D eigenvalue weighted by molar-refractivity contribution is 5.95. The summed E-state index contributed by atoms with van der Waals surface area (Å²) in [4.78, 5) is 26.1. The highest BCUT2D eigenvalue weighted by Crippen LogP contribution is 2.32. The number of methoxy groups -OCH3 is 1. The Bertz CT molecular complexity index is 1010. The van der Waals surface area contributed by atoms with Crippen LogP contribution in [0.4, 0.5) is 0 Å². The molecule has 0 atom stereocenters. The lowest BCUT2D eigenvalue weighted by molar-refractivity contribution is -0.133. The van der Waals surface area contributed by atoms with Crippen molar-refractivity contribution in [2.75, 3.05) is 33.9 Å². The summed E-state index contributed by atoms with van der Waals surface area (Å²) in [7, 11) is 3.26. The number of amides is 2. The number of benzene rings is 2. The maximum absolute atomic E-state index is 12.1. The maximum Gasteiger partial charge on any atom is 0.226 e. The van der Waals surface area contributed by atoms with Gasteiger partial charge in [-0.05, 0) is 42.0 Å². The van der Waals surface area contributed by atoms with Crippen molar-refractivity contribution in [1.82, 2.24) is 15.5 Å². The fourth-order valence-corrected chi connectivity index (χ4v) is 4.03. The number of guanidine groups is 1. The molecule has 3 N–H and O–H groups in total. The molecule has 2 amide bonds. The van der Waals surface area contributed by atoms with Gasteiger partial charge in [0.25, 0.3) is 0 Å². The topological polar surface area (TPSA) is 104 Å². The van der Waals surface area contributed by atoms with Crippen LogP contribution in [-0.2, 0) is 27.3 Å². The van der Waals surface area contributed by atoms with E-state index < -0.39 is 0 Å². The SMILES string of the molecule is CNC(=N)NC(=O)CCc1ccc(-c2ccc(CN3CCCCC3=O)cc2)c(OCCCOC)c1. The van der Waals surface area contributed by atoms with Crippen LogP contribution in [0.5, 0.6) is 5.75 Å². The quantitative estimate of drug-likeness (QED) is 0.260. The Morgan fingerprint density at radius 3 is 2.57 bits per heavy atom. The summed E-state index contributed by atoms with van der Waals surface area (Å²) in [5, 5.41) is 12.6. The van der Waals surface area contributed by atoms with E-state index in [1.54, 1.807) is 14.2 Å². The zero-order chi connectivity index (χ0) is 25.0. The van der Waals surface area contributed by atoms with Crippen LogP contribution in [0.2, 0.25) is 0 Å². The third kappa shape index (κ3) is 8.10. The fraction of sp³-hybridized carbons (Fsp3) is 0.444. The second-order valence-electron chi connectivity index (χ2n) is 8.67. The predicted molar refractivity (Wildman–Crippen MR) is 136 cm³/mol. The number of carbonyl (C=O) groups is 2. The molecule has 188 valence electrons. The Labute approximate surface area is 207 Å². The molecule has 2 aromatic carbocycles. The zero-order valence-electron chi connectivity index (χ0n) is 20.7. The summed E-state index contributed by atoms with van der Waals surface area (Å²) < 4.78 is 11.2. The van der Waals surface area contributed by atoms with E-state index in [2.05, 4.69) is 34.9 Å². The molecule has 1 fully saturated rings. The molecule has 0 spiro atoms. The number of likely N-dealkylation sites (tertiary alicyclic amines) is 1. The van der Waals surface area contributed by atoms with Gasteiger partial charge >= 0.3 is 0 Å². The third-order valence-corrected chi connectivity index (χ3v) is 6.01. The number of hydrogen-bond acceptors (Lipinski definition) is 5. The Balaban J connectivity index is 1.71. The molecular formula is C27H36N4O4. The van der Waals surface area contributed by atoms with Crippen LogP contribution in [0, 0.1) is 5.41 Å². The fourth-order valence-electron chi connectivity index (χ4n) is 4.03. The van der Waals surface area contributed by atoms with Crippen molar-refractivity contribution in [1.29, 1.82) is 5.41 Å². The number of rotatable bonds is 11. The molecule has 1 saturated heterocycles. The third-order valence-electron chi connectivity index (χ3n) is 6.01. The minimum Gasteiger partial charge on any atom is -0.493 e. The molecule has 35 heavy (non-hydrogen) atoms. The maximum atomic E-state index is 12.1. The summed E-state index contributed by atoms with van der Waals surface area (Å²) in [5.74, 6) is 0.777. The predicted octanol–water partition coefficient (Wildman–Crippen LogP) is 3.48. The van der Waals surface area contributed by atoms with Gasteiger partial charge in [0.1, 0.15) is 5.75 Å². The summed E-state index contributed by atoms with van der Waals surface area (Å²) in [6.45, 7) is 2.62. The van der Waals surface area contributed by atoms with E-state index in [1.165, 1.54) is 0 Å². The Morgan fingerprint density at radius 2 is 1.86 bits per heavy atom. The number of nitrogens with zero attached hydrogens (tertiary/aromatic N) is 1. The van der Waals surface area contributed by atoms with E-state index >= 15 is 0 Å². The average Bonchev–Trinajstić information content (AvgIpc) is 2.87. The Hall–Kier alpha value is -3.39. The van der Waals surface area contributed by atoms with E-state index in [0.717, 1.165) is 53.8 Å². The van der Waals surface area contributed by atoms with E-state index in [9.17, 15) is 9.59 Å². The van der Waals surface area contributed by atoms with Gasteiger partial charge in [-0.2, -0.15) is 0 Å². The van der Waals surface area contributed by atoms with E-state index in [1.807, 2.05) is 23.1 Å². The molecule has 0 aromatic heterocycles. The highest BCUT2D eigenvalue weighted by Gasteiger charge is 2.18. The van der Waals surface area contributed by atoms with Gasteiger partial charge in [-0.15, -0.1) is 0 Å². The van der Waals surface area contributed by atoms with Crippen molar-refractivity contribution in [3.8, 4) is 16.9 Å². The van der Waals surface area contributed by atoms with Gasteiger partial charge in [0.05, 0.1) is 6.61 Å². The van der Waals surface area contributed by atoms with Gasteiger partial charge in [0, 0.05) is 58.7 Å². The van der Waals surface area contributed by atoms with Crippen LogP contribution in [-0.4, -0.2) is 56.6 Å². The minimum atomic E-state index is -0.209. The second-order valence-corrected chi connectivity index (χ2v) is 8.67. The van der Waals surface area contributed by atoms with Crippen molar-refractivity contribution in [3.63, 3.8) is 0 Å². The van der Waals surface area contributed by atoms with Crippen LogP contribution < -0.4 is 15.4 Å².